The highest BCUT2D eigenvalue weighted by Gasteiger charge is 2.17. The van der Waals surface area contributed by atoms with Gasteiger partial charge in [0, 0.05) is 28.8 Å². The summed E-state index contributed by atoms with van der Waals surface area (Å²) in [6.07, 6.45) is 0.709. The van der Waals surface area contributed by atoms with Gasteiger partial charge in [-0.2, -0.15) is 0 Å². The molecule has 5 nitrogen and oxygen atoms in total. The molecule has 0 saturated carbocycles. The van der Waals surface area contributed by atoms with Gasteiger partial charge in [0.05, 0.1) is 4.90 Å². The van der Waals surface area contributed by atoms with E-state index in [1.807, 2.05) is 44.2 Å². The number of benzene rings is 2. The van der Waals surface area contributed by atoms with Gasteiger partial charge >= 0.3 is 0 Å². The summed E-state index contributed by atoms with van der Waals surface area (Å²) >= 11 is 1.67. The van der Waals surface area contributed by atoms with E-state index in [9.17, 15) is 13.2 Å². The summed E-state index contributed by atoms with van der Waals surface area (Å²) < 4.78 is 27.0. The zero-order valence-corrected chi connectivity index (χ0v) is 16.6. The number of hydrogen-bond acceptors (Lipinski definition) is 4. The normalized spacial score (nSPS) is 12.5. The molecule has 0 saturated heterocycles. The second kappa shape index (κ2) is 9.75. The maximum absolute atomic E-state index is 12.2. The summed E-state index contributed by atoms with van der Waals surface area (Å²) in [5.41, 5.74) is 0.442. The molecule has 2 aromatic rings. The van der Waals surface area contributed by atoms with Crippen molar-refractivity contribution in [2.75, 3.05) is 12.3 Å². The standard InChI is InChI=1S/C19H24N2O3S2/c1-3-15(2)21-26(23,24)18-11-9-16(10-12-18)19(22)20-13-14-25-17-7-5-4-6-8-17/h4-12,15,21H,3,13-14H2,1-2H3,(H,20,22)/t15-/m1/s1. The minimum absolute atomic E-state index is 0.134. The molecule has 26 heavy (non-hydrogen) atoms. The summed E-state index contributed by atoms with van der Waals surface area (Å²) in [5.74, 6) is 0.554. The average molecular weight is 393 g/mol. The topological polar surface area (TPSA) is 75.3 Å². The number of amides is 1. The van der Waals surface area contributed by atoms with Crippen molar-refractivity contribution in [1.29, 1.82) is 0 Å². The Kier molecular flexibility index (Phi) is 7.68. The van der Waals surface area contributed by atoms with Gasteiger partial charge in [-0.3, -0.25) is 4.79 Å². The Morgan fingerprint density at radius 1 is 1.08 bits per heavy atom. The lowest BCUT2D eigenvalue weighted by atomic mass is 10.2. The molecule has 0 unspecified atom stereocenters. The largest absolute Gasteiger partial charge is 0.351 e. The molecule has 0 bridgehead atoms. The Hall–Kier alpha value is -1.83. The van der Waals surface area contributed by atoms with Crippen LogP contribution in [-0.4, -0.2) is 32.7 Å². The molecule has 7 heteroatoms. The minimum Gasteiger partial charge on any atom is -0.351 e. The Balaban J connectivity index is 1.86. The Bertz CT molecular complexity index is 806. The van der Waals surface area contributed by atoms with Crippen molar-refractivity contribution in [2.24, 2.45) is 0 Å². The van der Waals surface area contributed by atoms with E-state index in [4.69, 9.17) is 0 Å². The third-order valence-corrected chi connectivity index (χ3v) is 6.41. The highest BCUT2D eigenvalue weighted by Crippen LogP contribution is 2.16. The van der Waals surface area contributed by atoms with Gasteiger partial charge in [-0.05, 0) is 49.7 Å². The molecule has 1 atom stereocenters. The van der Waals surface area contributed by atoms with E-state index in [0.717, 1.165) is 10.6 Å². The van der Waals surface area contributed by atoms with Crippen molar-refractivity contribution in [3.05, 3.63) is 60.2 Å². The third kappa shape index (κ3) is 6.16. The molecule has 0 spiro atoms. The second-order valence-corrected chi connectivity index (χ2v) is 8.75. The predicted molar refractivity (Wildman–Crippen MR) is 106 cm³/mol. The molecular formula is C19H24N2O3S2. The SMILES string of the molecule is CC[C@@H](C)NS(=O)(=O)c1ccc(C(=O)NCCSc2ccccc2)cc1. The first-order valence-corrected chi connectivity index (χ1v) is 11.0. The molecule has 1 amide bonds. The molecule has 0 aliphatic rings. The van der Waals surface area contributed by atoms with Crippen LogP contribution >= 0.6 is 11.8 Å². The van der Waals surface area contributed by atoms with Crippen LogP contribution in [-0.2, 0) is 10.0 Å². The van der Waals surface area contributed by atoms with Gasteiger partial charge in [-0.1, -0.05) is 25.1 Å². The van der Waals surface area contributed by atoms with Gasteiger partial charge < -0.3 is 5.32 Å². The maximum Gasteiger partial charge on any atom is 0.251 e. The maximum atomic E-state index is 12.2. The van der Waals surface area contributed by atoms with Crippen LogP contribution in [0.3, 0.4) is 0 Å². The van der Waals surface area contributed by atoms with Crippen LogP contribution in [0.4, 0.5) is 0 Å². The summed E-state index contributed by atoms with van der Waals surface area (Å²) in [7, 11) is -3.55. The lowest BCUT2D eigenvalue weighted by Gasteiger charge is -2.12. The van der Waals surface area contributed by atoms with Gasteiger partial charge in [0.1, 0.15) is 0 Å². The fourth-order valence-electron chi connectivity index (χ4n) is 2.15. The minimum atomic E-state index is -3.55. The zero-order chi connectivity index (χ0) is 19.0. The summed E-state index contributed by atoms with van der Waals surface area (Å²) in [6.45, 7) is 4.26. The predicted octanol–water partition coefficient (Wildman–Crippen LogP) is 3.29. The highest BCUT2D eigenvalue weighted by molar-refractivity contribution is 7.99. The Morgan fingerprint density at radius 3 is 2.35 bits per heavy atom. The highest BCUT2D eigenvalue weighted by atomic mass is 32.2. The van der Waals surface area contributed by atoms with Crippen molar-refractivity contribution in [1.82, 2.24) is 10.0 Å². The Labute approximate surface area is 159 Å². The van der Waals surface area contributed by atoms with Gasteiger partial charge in [0.25, 0.3) is 5.91 Å². The molecule has 0 radical (unpaired) electrons. The number of thioether (sulfide) groups is 1. The van der Waals surface area contributed by atoms with Crippen LogP contribution in [0.1, 0.15) is 30.6 Å². The van der Waals surface area contributed by atoms with Crippen LogP contribution in [0.2, 0.25) is 0 Å². The fraction of sp³-hybridized carbons (Fsp3) is 0.316. The van der Waals surface area contributed by atoms with Crippen LogP contribution < -0.4 is 10.0 Å². The molecule has 0 aliphatic heterocycles. The molecule has 2 N–H and O–H groups in total. The molecule has 2 rings (SSSR count). The number of rotatable bonds is 9. The molecular weight excluding hydrogens is 368 g/mol. The first-order chi connectivity index (χ1) is 12.4. The lowest BCUT2D eigenvalue weighted by Crippen LogP contribution is -2.32. The molecule has 0 fully saturated rings. The quantitative estimate of drug-likeness (QED) is 0.507. The molecule has 0 aliphatic carbocycles. The van der Waals surface area contributed by atoms with Crippen molar-refractivity contribution < 1.29 is 13.2 Å². The van der Waals surface area contributed by atoms with Crippen molar-refractivity contribution >= 4 is 27.7 Å². The van der Waals surface area contributed by atoms with E-state index in [-0.39, 0.29) is 16.8 Å². The number of sulfonamides is 1. The number of carbonyl (C=O) groups excluding carboxylic acids is 1. The third-order valence-electron chi connectivity index (χ3n) is 3.80. The average Bonchev–Trinajstić information content (AvgIpc) is 2.65. The van der Waals surface area contributed by atoms with E-state index in [1.54, 1.807) is 11.8 Å². The first-order valence-electron chi connectivity index (χ1n) is 8.51. The van der Waals surface area contributed by atoms with E-state index in [1.165, 1.54) is 24.3 Å². The zero-order valence-electron chi connectivity index (χ0n) is 14.9. The fourth-order valence-corrected chi connectivity index (χ4v) is 4.27. The van der Waals surface area contributed by atoms with Crippen molar-refractivity contribution in [3.63, 3.8) is 0 Å². The second-order valence-electron chi connectivity index (χ2n) is 5.87. The lowest BCUT2D eigenvalue weighted by molar-refractivity contribution is 0.0956. The van der Waals surface area contributed by atoms with E-state index < -0.39 is 10.0 Å². The number of hydrogen-bond donors (Lipinski definition) is 2. The van der Waals surface area contributed by atoms with E-state index in [2.05, 4.69) is 10.0 Å². The van der Waals surface area contributed by atoms with Gasteiger partial charge in [-0.25, -0.2) is 13.1 Å². The summed E-state index contributed by atoms with van der Waals surface area (Å²) in [5, 5.41) is 2.84. The van der Waals surface area contributed by atoms with Gasteiger partial charge in [0.2, 0.25) is 10.0 Å². The summed E-state index contributed by atoms with van der Waals surface area (Å²) in [4.78, 5) is 13.5. The first kappa shape index (κ1) is 20.5. The van der Waals surface area contributed by atoms with Crippen molar-refractivity contribution in [3.8, 4) is 0 Å². The van der Waals surface area contributed by atoms with Crippen LogP contribution in [0.25, 0.3) is 0 Å². The van der Waals surface area contributed by atoms with E-state index >= 15 is 0 Å². The monoisotopic (exact) mass is 392 g/mol. The van der Waals surface area contributed by atoms with Crippen LogP contribution in [0, 0.1) is 0 Å². The van der Waals surface area contributed by atoms with Crippen molar-refractivity contribution in [2.45, 2.75) is 36.1 Å². The summed E-state index contributed by atoms with van der Waals surface area (Å²) in [6, 6.07) is 15.8. The molecule has 140 valence electrons. The van der Waals surface area contributed by atoms with Crippen LogP contribution in [0.5, 0.6) is 0 Å². The van der Waals surface area contributed by atoms with Crippen LogP contribution in [0.15, 0.2) is 64.4 Å². The smallest absolute Gasteiger partial charge is 0.251 e. The Morgan fingerprint density at radius 2 is 1.73 bits per heavy atom. The molecule has 0 aromatic heterocycles. The van der Waals surface area contributed by atoms with E-state index in [0.29, 0.717) is 18.5 Å². The number of carbonyl (C=O) groups is 1. The molecule has 2 aromatic carbocycles. The van der Waals surface area contributed by atoms with Gasteiger partial charge in [0.15, 0.2) is 0 Å². The molecule has 0 heterocycles. The van der Waals surface area contributed by atoms with Gasteiger partial charge in [-0.15, -0.1) is 11.8 Å². The number of nitrogens with one attached hydrogen (secondary N) is 2.